The molecule has 2 aromatic rings. The molecule has 0 saturated carbocycles. The number of rotatable bonds is 4. The number of ether oxygens (including phenoxy) is 1. The van der Waals surface area contributed by atoms with Crippen LogP contribution in [0.1, 0.15) is 17.2 Å². The molecular formula is C12H13FN4O. The third-order valence-corrected chi connectivity index (χ3v) is 2.62. The van der Waals surface area contributed by atoms with Crippen molar-refractivity contribution in [1.82, 2.24) is 15.6 Å². The van der Waals surface area contributed by atoms with Gasteiger partial charge < -0.3 is 4.74 Å². The number of nitrogens with one attached hydrogen (secondary N) is 1. The van der Waals surface area contributed by atoms with Crippen molar-refractivity contribution in [2.75, 3.05) is 7.11 Å². The lowest BCUT2D eigenvalue weighted by Gasteiger charge is -2.16. The van der Waals surface area contributed by atoms with Gasteiger partial charge in [0.15, 0.2) is 11.6 Å². The highest BCUT2D eigenvalue weighted by Crippen LogP contribution is 2.25. The zero-order valence-corrected chi connectivity index (χ0v) is 9.80. The van der Waals surface area contributed by atoms with Crippen LogP contribution in [0.3, 0.4) is 0 Å². The van der Waals surface area contributed by atoms with Crippen LogP contribution in [0.4, 0.5) is 4.39 Å². The molecule has 0 radical (unpaired) electrons. The van der Waals surface area contributed by atoms with Crippen LogP contribution in [0.15, 0.2) is 36.7 Å². The molecule has 0 fully saturated rings. The summed E-state index contributed by atoms with van der Waals surface area (Å²) in [7, 11) is 1.42. The minimum atomic E-state index is -0.433. The van der Waals surface area contributed by atoms with E-state index in [4.69, 9.17) is 10.6 Å². The average Bonchev–Trinajstić information content (AvgIpc) is 2.41. The Hall–Kier alpha value is -2.05. The maximum absolute atomic E-state index is 13.6. The summed E-state index contributed by atoms with van der Waals surface area (Å²) in [6.45, 7) is 0. The Morgan fingerprint density at radius 2 is 2.11 bits per heavy atom. The smallest absolute Gasteiger partial charge is 0.165 e. The van der Waals surface area contributed by atoms with Crippen LogP contribution >= 0.6 is 0 Å². The zero-order valence-electron chi connectivity index (χ0n) is 9.80. The van der Waals surface area contributed by atoms with Crippen LogP contribution in [-0.2, 0) is 0 Å². The molecule has 1 atom stereocenters. The quantitative estimate of drug-likeness (QED) is 0.628. The molecule has 0 bridgehead atoms. The van der Waals surface area contributed by atoms with Gasteiger partial charge in [-0.1, -0.05) is 6.07 Å². The molecule has 94 valence electrons. The van der Waals surface area contributed by atoms with Gasteiger partial charge in [-0.3, -0.25) is 5.84 Å². The van der Waals surface area contributed by atoms with Gasteiger partial charge >= 0.3 is 0 Å². The van der Waals surface area contributed by atoms with E-state index in [1.165, 1.54) is 13.2 Å². The number of nitrogens with two attached hydrogens (primary N) is 1. The first-order chi connectivity index (χ1) is 8.76. The van der Waals surface area contributed by atoms with Gasteiger partial charge in [0.05, 0.1) is 19.3 Å². The van der Waals surface area contributed by atoms with E-state index in [1.807, 2.05) is 0 Å². The first-order valence-corrected chi connectivity index (χ1v) is 5.32. The van der Waals surface area contributed by atoms with E-state index < -0.39 is 5.82 Å². The average molecular weight is 248 g/mol. The summed E-state index contributed by atoms with van der Waals surface area (Å²) in [6.07, 6.45) is 3.13. The van der Waals surface area contributed by atoms with E-state index in [2.05, 4.69) is 15.6 Å². The summed E-state index contributed by atoms with van der Waals surface area (Å²) in [4.78, 5) is 0. The molecule has 1 aromatic carbocycles. The second-order valence-electron chi connectivity index (χ2n) is 3.67. The van der Waals surface area contributed by atoms with E-state index in [0.29, 0.717) is 5.56 Å². The lowest BCUT2D eigenvalue weighted by Crippen LogP contribution is -2.29. The molecule has 0 aliphatic carbocycles. The summed E-state index contributed by atoms with van der Waals surface area (Å²) in [5.74, 6) is 5.27. The molecule has 18 heavy (non-hydrogen) atoms. The van der Waals surface area contributed by atoms with Crippen LogP contribution in [-0.4, -0.2) is 17.3 Å². The second kappa shape index (κ2) is 5.52. The van der Waals surface area contributed by atoms with Crippen molar-refractivity contribution in [2.45, 2.75) is 6.04 Å². The molecule has 0 saturated heterocycles. The number of hydrogen-bond donors (Lipinski definition) is 2. The van der Waals surface area contributed by atoms with Crippen molar-refractivity contribution in [2.24, 2.45) is 5.84 Å². The number of hydrogen-bond acceptors (Lipinski definition) is 5. The van der Waals surface area contributed by atoms with Crippen molar-refractivity contribution >= 4 is 0 Å². The van der Waals surface area contributed by atoms with Crippen molar-refractivity contribution in [3.63, 3.8) is 0 Å². The van der Waals surface area contributed by atoms with Crippen LogP contribution < -0.4 is 16.0 Å². The van der Waals surface area contributed by atoms with Gasteiger partial charge in [0, 0.05) is 6.20 Å². The molecular weight excluding hydrogens is 235 g/mol. The summed E-state index contributed by atoms with van der Waals surface area (Å²) in [6, 6.07) is 6.10. The Labute approximate surface area is 104 Å². The van der Waals surface area contributed by atoms with Crippen LogP contribution in [0.25, 0.3) is 0 Å². The fourth-order valence-electron chi connectivity index (χ4n) is 1.72. The molecule has 2 rings (SSSR count). The van der Waals surface area contributed by atoms with Gasteiger partial charge in [0.2, 0.25) is 0 Å². The normalized spacial score (nSPS) is 12.2. The number of hydrazine groups is 1. The van der Waals surface area contributed by atoms with E-state index >= 15 is 0 Å². The summed E-state index contributed by atoms with van der Waals surface area (Å²) >= 11 is 0. The molecule has 1 aromatic heterocycles. The first-order valence-electron chi connectivity index (χ1n) is 5.32. The van der Waals surface area contributed by atoms with Crippen molar-refractivity contribution in [3.8, 4) is 5.75 Å². The Balaban J connectivity index is 2.37. The Kier molecular flexibility index (Phi) is 3.81. The first kappa shape index (κ1) is 12.4. The number of nitrogens with zero attached hydrogens (tertiary/aromatic N) is 2. The minimum Gasteiger partial charge on any atom is -0.494 e. The molecule has 0 aliphatic heterocycles. The fraction of sp³-hybridized carbons (Fsp3) is 0.167. The SMILES string of the molecule is COc1ccc(C(NN)c2ccnnc2)cc1F. The van der Waals surface area contributed by atoms with Gasteiger partial charge in [0.1, 0.15) is 0 Å². The molecule has 1 unspecified atom stereocenters. The highest BCUT2D eigenvalue weighted by molar-refractivity contribution is 5.35. The van der Waals surface area contributed by atoms with Gasteiger partial charge in [0.25, 0.3) is 0 Å². The lowest BCUT2D eigenvalue weighted by atomic mass is 10.0. The topological polar surface area (TPSA) is 73.1 Å². The molecule has 0 spiro atoms. The number of aromatic nitrogens is 2. The Morgan fingerprint density at radius 1 is 1.28 bits per heavy atom. The minimum absolute atomic E-state index is 0.197. The summed E-state index contributed by atoms with van der Waals surface area (Å²) in [5.41, 5.74) is 4.11. The Morgan fingerprint density at radius 3 is 2.67 bits per heavy atom. The molecule has 1 heterocycles. The van der Waals surface area contributed by atoms with E-state index in [0.717, 1.165) is 5.56 Å². The maximum Gasteiger partial charge on any atom is 0.165 e. The fourth-order valence-corrected chi connectivity index (χ4v) is 1.72. The maximum atomic E-state index is 13.6. The molecule has 3 N–H and O–H groups in total. The molecule has 5 nitrogen and oxygen atoms in total. The zero-order chi connectivity index (χ0) is 13.0. The highest BCUT2D eigenvalue weighted by atomic mass is 19.1. The molecule has 6 heteroatoms. The summed E-state index contributed by atoms with van der Waals surface area (Å²) < 4.78 is 18.5. The number of benzene rings is 1. The third-order valence-electron chi connectivity index (χ3n) is 2.62. The number of methoxy groups -OCH3 is 1. The van der Waals surface area contributed by atoms with E-state index in [9.17, 15) is 4.39 Å². The second-order valence-corrected chi connectivity index (χ2v) is 3.67. The highest BCUT2D eigenvalue weighted by Gasteiger charge is 2.14. The Bertz CT molecular complexity index is 521. The van der Waals surface area contributed by atoms with Crippen LogP contribution in [0, 0.1) is 5.82 Å². The molecule has 0 amide bonds. The third kappa shape index (κ3) is 2.44. The largest absolute Gasteiger partial charge is 0.494 e. The molecule has 0 aliphatic rings. The van der Waals surface area contributed by atoms with Crippen molar-refractivity contribution in [1.29, 1.82) is 0 Å². The summed E-state index contributed by atoms with van der Waals surface area (Å²) in [5, 5.41) is 7.46. The van der Waals surface area contributed by atoms with Crippen LogP contribution in [0.2, 0.25) is 0 Å². The van der Waals surface area contributed by atoms with Gasteiger partial charge in [-0.25, -0.2) is 9.82 Å². The van der Waals surface area contributed by atoms with E-state index in [-0.39, 0.29) is 11.8 Å². The van der Waals surface area contributed by atoms with Gasteiger partial charge in [-0.15, -0.1) is 0 Å². The van der Waals surface area contributed by atoms with Gasteiger partial charge in [-0.05, 0) is 29.3 Å². The standard InChI is InChI=1S/C12H13FN4O/c1-18-11-3-2-8(6-10(11)13)12(17-14)9-4-5-15-16-7-9/h2-7,12,17H,14H2,1H3. The van der Waals surface area contributed by atoms with Crippen LogP contribution in [0.5, 0.6) is 5.75 Å². The lowest BCUT2D eigenvalue weighted by molar-refractivity contribution is 0.385. The predicted octanol–water partition coefficient (Wildman–Crippen LogP) is 1.18. The number of halogens is 1. The van der Waals surface area contributed by atoms with Crippen molar-refractivity contribution in [3.05, 3.63) is 53.6 Å². The van der Waals surface area contributed by atoms with Crippen molar-refractivity contribution < 1.29 is 9.13 Å². The monoisotopic (exact) mass is 248 g/mol. The van der Waals surface area contributed by atoms with Gasteiger partial charge in [-0.2, -0.15) is 10.2 Å². The van der Waals surface area contributed by atoms with E-state index in [1.54, 1.807) is 30.6 Å². The predicted molar refractivity (Wildman–Crippen MR) is 64.2 cm³/mol.